The van der Waals surface area contributed by atoms with E-state index in [4.69, 9.17) is 10.9 Å². The molecule has 1 aliphatic carbocycles. The highest BCUT2D eigenvalue weighted by Crippen LogP contribution is 2.38. The quantitative estimate of drug-likeness (QED) is 0.370. The van der Waals surface area contributed by atoms with E-state index < -0.39 is 5.82 Å². The largest absolute Gasteiger partial charge is 0.409 e. The van der Waals surface area contributed by atoms with Crippen molar-refractivity contribution in [3.05, 3.63) is 35.1 Å². The van der Waals surface area contributed by atoms with Crippen LogP contribution in [0.15, 0.2) is 23.4 Å². The minimum absolute atomic E-state index is 0.146. The first-order chi connectivity index (χ1) is 9.02. The molecule has 5 heteroatoms. The molecule has 1 aromatic carbocycles. The summed E-state index contributed by atoms with van der Waals surface area (Å²) in [5.41, 5.74) is 6.17. The van der Waals surface area contributed by atoms with Crippen LogP contribution < -0.4 is 5.73 Å². The molecule has 2 atom stereocenters. The number of hydrogen-bond donors (Lipinski definition) is 2. The standard InChI is InChI=1S/C14H20FN3O/c1-9-6-11(9)8-18(2)7-10-4-3-5-12(13(10)15)14(16)17-19/h3-5,9,11,19H,6-8H2,1-2H3,(H2,16,17). The average Bonchev–Trinajstić information content (AvgIpc) is 3.06. The van der Waals surface area contributed by atoms with Crippen LogP contribution in [-0.2, 0) is 6.54 Å². The van der Waals surface area contributed by atoms with E-state index in [1.807, 2.05) is 7.05 Å². The Morgan fingerprint density at radius 2 is 2.26 bits per heavy atom. The van der Waals surface area contributed by atoms with Crippen molar-refractivity contribution < 1.29 is 9.60 Å². The molecule has 0 aromatic heterocycles. The van der Waals surface area contributed by atoms with Gasteiger partial charge in [0, 0.05) is 18.7 Å². The van der Waals surface area contributed by atoms with Crippen molar-refractivity contribution in [1.82, 2.24) is 4.90 Å². The fourth-order valence-electron chi connectivity index (χ4n) is 2.36. The summed E-state index contributed by atoms with van der Waals surface area (Å²) in [6.07, 6.45) is 1.26. The van der Waals surface area contributed by atoms with Crippen LogP contribution in [-0.4, -0.2) is 29.5 Å². The Kier molecular flexibility index (Phi) is 4.04. The Bertz CT molecular complexity index is 490. The van der Waals surface area contributed by atoms with Crippen molar-refractivity contribution in [2.45, 2.75) is 19.9 Å². The highest BCUT2D eigenvalue weighted by atomic mass is 19.1. The monoisotopic (exact) mass is 265 g/mol. The normalized spacial score (nSPS) is 22.8. The van der Waals surface area contributed by atoms with Gasteiger partial charge in [-0.15, -0.1) is 0 Å². The van der Waals surface area contributed by atoms with E-state index in [-0.39, 0.29) is 11.4 Å². The summed E-state index contributed by atoms with van der Waals surface area (Å²) in [5.74, 6) is 0.919. The zero-order chi connectivity index (χ0) is 14.0. The van der Waals surface area contributed by atoms with Gasteiger partial charge in [0.25, 0.3) is 0 Å². The number of halogens is 1. The third-order valence-electron chi connectivity index (χ3n) is 3.72. The lowest BCUT2D eigenvalue weighted by atomic mass is 10.1. The summed E-state index contributed by atoms with van der Waals surface area (Å²) >= 11 is 0. The molecule has 1 fully saturated rings. The Morgan fingerprint density at radius 1 is 1.58 bits per heavy atom. The highest BCUT2D eigenvalue weighted by Gasteiger charge is 2.33. The molecule has 1 saturated carbocycles. The second kappa shape index (κ2) is 5.57. The second-order valence-electron chi connectivity index (χ2n) is 5.43. The fourth-order valence-corrected chi connectivity index (χ4v) is 2.36. The Labute approximate surface area is 112 Å². The van der Waals surface area contributed by atoms with Gasteiger partial charge >= 0.3 is 0 Å². The van der Waals surface area contributed by atoms with Gasteiger partial charge in [-0.3, -0.25) is 0 Å². The molecule has 0 saturated heterocycles. The lowest BCUT2D eigenvalue weighted by molar-refractivity contribution is 0.302. The molecule has 2 unspecified atom stereocenters. The Balaban J connectivity index is 2.07. The van der Waals surface area contributed by atoms with Crippen molar-refractivity contribution in [2.24, 2.45) is 22.7 Å². The van der Waals surface area contributed by atoms with Gasteiger partial charge in [0.15, 0.2) is 5.84 Å². The van der Waals surface area contributed by atoms with Crippen LogP contribution in [0.25, 0.3) is 0 Å². The van der Waals surface area contributed by atoms with Crippen LogP contribution in [0.3, 0.4) is 0 Å². The summed E-state index contributed by atoms with van der Waals surface area (Å²) in [4.78, 5) is 2.11. The lowest BCUT2D eigenvalue weighted by Crippen LogP contribution is -2.23. The van der Waals surface area contributed by atoms with Gasteiger partial charge in [-0.1, -0.05) is 24.2 Å². The van der Waals surface area contributed by atoms with E-state index in [0.29, 0.717) is 12.1 Å². The van der Waals surface area contributed by atoms with Gasteiger partial charge in [-0.05, 0) is 31.4 Å². The minimum Gasteiger partial charge on any atom is -0.409 e. The zero-order valence-corrected chi connectivity index (χ0v) is 11.3. The third kappa shape index (κ3) is 3.23. The molecule has 1 aromatic rings. The summed E-state index contributed by atoms with van der Waals surface area (Å²) in [5, 5.41) is 11.5. The van der Waals surface area contributed by atoms with Crippen molar-refractivity contribution in [3.63, 3.8) is 0 Å². The molecular weight excluding hydrogens is 245 g/mol. The van der Waals surface area contributed by atoms with E-state index in [1.54, 1.807) is 12.1 Å². The summed E-state index contributed by atoms with van der Waals surface area (Å²) < 4.78 is 14.2. The third-order valence-corrected chi connectivity index (χ3v) is 3.72. The number of amidine groups is 1. The molecule has 0 spiro atoms. The number of hydrogen-bond acceptors (Lipinski definition) is 3. The molecule has 4 nitrogen and oxygen atoms in total. The van der Waals surface area contributed by atoms with Crippen molar-refractivity contribution in [3.8, 4) is 0 Å². The molecule has 3 N–H and O–H groups in total. The van der Waals surface area contributed by atoms with Crippen LogP contribution in [0, 0.1) is 17.7 Å². The van der Waals surface area contributed by atoms with E-state index >= 15 is 0 Å². The van der Waals surface area contributed by atoms with Crippen molar-refractivity contribution in [1.29, 1.82) is 0 Å². The summed E-state index contributed by atoms with van der Waals surface area (Å²) in [6.45, 7) is 3.74. The van der Waals surface area contributed by atoms with Crippen LogP contribution in [0.4, 0.5) is 4.39 Å². The van der Waals surface area contributed by atoms with Gasteiger partial charge < -0.3 is 15.8 Å². The van der Waals surface area contributed by atoms with Crippen molar-refractivity contribution >= 4 is 5.84 Å². The van der Waals surface area contributed by atoms with E-state index in [0.717, 1.165) is 18.4 Å². The number of oxime groups is 1. The molecule has 0 radical (unpaired) electrons. The predicted octanol–water partition coefficient (Wildman–Crippen LogP) is 2.01. The highest BCUT2D eigenvalue weighted by molar-refractivity contribution is 5.97. The molecular formula is C14H20FN3O. The molecule has 19 heavy (non-hydrogen) atoms. The number of nitrogens with two attached hydrogens (primary N) is 1. The van der Waals surface area contributed by atoms with Crippen molar-refractivity contribution in [2.75, 3.05) is 13.6 Å². The summed E-state index contributed by atoms with van der Waals surface area (Å²) in [7, 11) is 1.99. The van der Waals surface area contributed by atoms with E-state index in [2.05, 4.69) is 17.0 Å². The van der Waals surface area contributed by atoms with Gasteiger partial charge in [0.2, 0.25) is 0 Å². The van der Waals surface area contributed by atoms with Gasteiger partial charge in [-0.25, -0.2) is 4.39 Å². The zero-order valence-electron chi connectivity index (χ0n) is 11.3. The first-order valence-electron chi connectivity index (χ1n) is 6.46. The Morgan fingerprint density at radius 3 is 2.84 bits per heavy atom. The maximum atomic E-state index is 14.2. The molecule has 0 heterocycles. The second-order valence-corrected chi connectivity index (χ2v) is 5.43. The fraction of sp³-hybridized carbons (Fsp3) is 0.500. The SMILES string of the molecule is CC1CC1CN(C)Cc1cccc(/C(N)=N/O)c1F. The number of benzene rings is 1. The van der Waals surface area contributed by atoms with Gasteiger partial charge in [0.1, 0.15) is 5.82 Å². The van der Waals surface area contributed by atoms with Crippen LogP contribution >= 0.6 is 0 Å². The lowest BCUT2D eigenvalue weighted by Gasteiger charge is -2.17. The predicted molar refractivity (Wildman–Crippen MR) is 72.5 cm³/mol. The number of nitrogens with zero attached hydrogens (tertiary/aromatic N) is 2. The molecule has 1 aliphatic rings. The van der Waals surface area contributed by atoms with Gasteiger partial charge in [0.05, 0.1) is 5.56 Å². The van der Waals surface area contributed by atoms with Crippen LogP contribution in [0.1, 0.15) is 24.5 Å². The summed E-state index contributed by atoms with van der Waals surface area (Å²) in [6, 6.07) is 4.96. The first-order valence-corrected chi connectivity index (χ1v) is 6.46. The molecule has 104 valence electrons. The minimum atomic E-state index is -0.409. The first kappa shape index (κ1) is 13.8. The maximum Gasteiger partial charge on any atom is 0.173 e. The molecule has 0 bridgehead atoms. The van der Waals surface area contributed by atoms with Gasteiger partial charge in [-0.2, -0.15) is 0 Å². The van der Waals surface area contributed by atoms with E-state index in [1.165, 1.54) is 12.5 Å². The molecule has 0 amide bonds. The number of rotatable bonds is 5. The average molecular weight is 265 g/mol. The smallest absolute Gasteiger partial charge is 0.173 e. The van der Waals surface area contributed by atoms with Crippen LogP contribution in [0.2, 0.25) is 0 Å². The molecule has 0 aliphatic heterocycles. The topological polar surface area (TPSA) is 61.8 Å². The Hall–Kier alpha value is -1.62. The molecule has 2 rings (SSSR count). The van der Waals surface area contributed by atoms with E-state index in [9.17, 15) is 4.39 Å². The maximum absolute atomic E-state index is 14.2. The van der Waals surface area contributed by atoms with Crippen LogP contribution in [0.5, 0.6) is 0 Å².